The van der Waals surface area contributed by atoms with Gasteiger partial charge in [0.15, 0.2) is 0 Å². The summed E-state index contributed by atoms with van der Waals surface area (Å²) in [5.74, 6) is -0.208. The fourth-order valence-corrected chi connectivity index (χ4v) is 1.29. The predicted octanol–water partition coefficient (Wildman–Crippen LogP) is 0.345. The van der Waals surface area contributed by atoms with Gasteiger partial charge >= 0.3 is 0 Å². The SMILES string of the molecule is CC(C)(C)NC(=O)Cn1cc(N)ccc1=O. The van der Waals surface area contributed by atoms with Crippen molar-refractivity contribution in [3.8, 4) is 0 Å². The first-order valence-corrected chi connectivity index (χ1v) is 5.05. The van der Waals surface area contributed by atoms with Crippen molar-refractivity contribution in [2.24, 2.45) is 0 Å². The third-order valence-electron chi connectivity index (χ3n) is 1.83. The number of carbonyl (C=O) groups excluding carboxylic acids is 1. The molecule has 0 fully saturated rings. The smallest absolute Gasteiger partial charge is 0.251 e. The van der Waals surface area contributed by atoms with Crippen LogP contribution in [0, 0.1) is 0 Å². The zero-order chi connectivity index (χ0) is 12.3. The maximum atomic E-state index is 11.6. The molecule has 0 aromatic carbocycles. The molecule has 1 aromatic heterocycles. The Hall–Kier alpha value is -1.78. The van der Waals surface area contributed by atoms with E-state index in [4.69, 9.17) is 5.73 Å². The van der Waals surface area contributed by atoms with Crippen LogP contribution in [0.1, 0.15) is 20.8 Å². The first kappa shape index (κ1) is 12.3. The summed E-state index contributed by atoms with van der Waals surface area (Å²) in [5.41, 5.74) is 5.46. The molecule has 1 aromatic rings. The van der Waals surface area contributed by atoms with Crippen molar-refractivity contribution < 1.29 is 4.79 Å². The summed E-state index contributed by atoms with van der Waals surface area (Å²) in [7, 11) is 0. The van der Waals surface area contributed by atoms with Crippen LogP contribution in [-0.4, -0.2) is 16.0 Å². The Morgan fingerprint density at radius 2 is 2.06 bits per heavy atom. The van der Waals surface area contributed by atoms with Crippen LogP contribution in [0.4, 0.5) is 5.69 Å². The lowest BCUT2D eigenvalue weighted by atomic mass is 10.1. The Morgan fingerprint density at radius 3 is 2.62 bits per heavy atom. The molecule has 5 nitrogen and oxygen atoms in total. The Morgan fingerprint density at radius 1 is 1.44 bits per heavy atom. The van der Waals surface area contributed by atoms with Gasteiger partial charge in [0.25, 0.3) is 5.56 Å². The second kappa shape index (κ2) is 4.38. The number of rotatable bonds is 2. The van der Waals surface area contributed by atoms with Crippen molar-refractivity contribution in [3.05, 3.63) is 28.7 Å². The highest BCUT2D eigenvalue weighted by Crippen LogP contribution is 1.99. The monoisotopic (exact) mass is 223 g/mol. The predicted molar refractivity (Wildman–Crippen MR) is 63.0 cm³/mol. The third kappa shape index (κ3) is 3.76. The number of nitrogens with one attached hydrogen (secondary N) is 1. The molecule has 1 heterocycles. The number of hydrogen-bond donors (Lipinski definition) is 2. The molecule has 0 bridgehead atoms. The molecule has 0 unspecified atom stereocenters. The van der Waals surface area contributed by atoms with Gasteiger partial charge < -0.3 is 15.6 Å². The summed E-state index contributed by atoms with van der Waals surface area (Å²) < 4.78 is 1.29. The first-order chi connectivity index (χ1) is 7.28. The summed E-state index contributed by atoms with van der Waals surface area (Å²) >= 11 is 0. The van der Waals surface area contributed by atoms with E-state index in [0.29, 0.717) is 5.69 Å². The lowest BCUT2D eigenvalue weighted by Crippen LogP contribution is -2.43. The van der Waals surface area contributed by atoms with Gasteiger partial charge in [-0.15, -0.1) is 0 Å². The topological polar surface area (TPSA) is 77.1 Å². The molecular formula is C11H17N3O2. The summed E-state index contributed by atoms with van der Waals surface area (Å²) in [5, 5.41) is 2.77. The molecular weight excluding hydrogens is 206 g/mol. The number of carbonyl (C=O) groups is 1. The molecule has 0 spiro atoms. The highest BCUT2D eigenvalue weighted by molar-refractivity contribution is 5.76. The molecule has 1 rings (SSSR count). The van der Waals surface area contributed by atoms with E-state index in [1.165, 1.54) is 22.9 Å². The van der Waals surface area contributed by atoms with Crippen LogP contribution in [0.2, 0.25) is 0 Å². The first-order valence-electron chi connectivity index (χ1n) is 5.05. The number of nitrogens with zero attached hydrogens (tertiary/aromatic N) is 1. The van der Waals surface area contributed by atoms with E-state index >= 15 is 0 Å². The quantitative estimate of drug-likeness (QED) is 0.759. The van der Waals surface area contributed by atoms with E-state index in [0.717, 1.165) is 0 Å². The van der Waals surface area contributed by atoms with Crippen molar-refractivity contribution in [2.45, 2.75) is 32.9 Å². The Labute approximate surface area is 94.3 Å². The molecule has 16 heavy (non-hydrogen) atoms. The van der Waals surface area contributed by atoms with Crippen molar-refractivity contribution in [3.63, 3.8) is 0 Å². The molecule has 0 saturated heterocycles. The number of amides is 1. The largest absolute Gasteiger partial charge is 0.398 e. The summed E-state index contributed by atoms with van der Waals surface area (Å²) in [6.07, 6.45) is 1.46. The Kier molecular flexibility index (Phi) is 3.37. The molecule has 0 aliphatic carbocycles. The van der Waals surface area contributed by atoms with Crippen LogP contribution in [0.3, 0.4) is 0 Å². The molecule has 0 atom stereocenters. The minimum absolute atomic E-state index is 0.0128. The molecule has 0 aliphatic rings. The molecule has 3 N–H and O–H groups in total. The lowest BCUT2D eigenvalue weighted by molar-refractivity contribution is -0.123. The summed E-state index contributed by atoms with van der Waals surface area (Å²) in [6, 6.07) is 2.86. The lowest BCUT2D eigenvalue weighted by Gasteiger charge is -2.20. The number of nitrogens with two attached hydrogens (primary N) is 1. The van der Waals surface area contributed by atoms with Gasteiger partial charge in [-0.05, 0) is 26.8 Å². The zero-order valence-electron chi connectivity index (χ0n) is 9.78. The molecule has 0 aliphatic heterocycles. The van der Waals surface area contributed by atoms with E-state index in [-0.39, 0.29) is 23.6 Å². The van der Waals surface area contributed by atoms with Gasteiger partial charge in [-0.2, -0.15) is 0 Å². The number of aromatic nitrogens is 1. The fourth-order valence-electron chi connectivity index (χ4n) is 1.29. The van der Waals surface area contributed by atoms with Gasteiger partial charge in [-0.25, -0.2) is 0 Å². The number of anilines is 1. The van der Waals surface area contributed by atoms with E-state index < -0.39 is 0 Å². The number of pyridine rings is 1. The molecule has 0 radical (unpaired) electrons. The molecule has 5 heteroatoms. The standard InChI is InChI=1S/C11H17N3O2/c1-11(2,3)13-9(15)7-14-6-8(12)4-5-10(14)16/h4-6H,7,12H2,1-3H3,(H,13,15). The number of nitrogen functional groups attached to an aromatic ring is 1. The second-order valence-corrected chi connectivity index (χ2v) is 4.73. The van der Waals surface area contributed by atoms with Crippen LogP contribution in [-0.2, 0) is 11.3 Å². The normalized spacial score (nSPS) is 11.2. The molecule has 0 saturated carbocycles. The third-order valence-corrected chi connectivity index (χ3v) is 1.83. The van der Waals surface area contributed by atoms with Gasteiger partial charge in [0.2, 0.25) is 5.91 Å². The maximum Gasteiger partial charge on any atom is 0.251 e. The minimum Gasteiger partial charge on any atom is -0.398 e. The molecule has 88 valence electrons. The van der Waals surface area contributed by atoms with Crippen LogP contribution >= 0.6 is 0 Å². The molecule has 1 amide bonds. The van der Waals surface area contributed by atoms with Gasteiger partial charge in [-0.1, -0.05) is 0 Å². The van der Waals surface area contributed by atoms with Gasteiger partial charge in [0, 0.05) is 23.5 Å². The average Bonchev–Trinajstić information content (AvgIpc) is 2.08. The van der Waals surface area contributed by atoms with E-state index in [1.54, 1.807) is 0 Å². The van der Waals surface area contributed by atoms with Crippen molar-refractivity contribution in [1.29, 1.82) is 0 Å². The minimum atomic E-state index is -0.305. The van der Waals surface area contributed by atoms with E-state index in [2.05, 4.69) is 5.32 Å². The van der Waals surface area contributed by atoms with Crippen molar-refractivity contribution >= 4 is 11.6 Å². The average molecular weight is 223 g/mol. The van der Waals surface area contributed by atoms with Crippen LogP contribution in [0.15, 0.2) is 23.1 Å². The van der Waals surface area contributed by atoms with E-state index in [9.17, 15) is 9.59 Å². The maximum absolute atomic E-state index is 11.6. The van der Waals surface area contributed by atoms with Crippen molar-refractivity contribution in [2.75, 3.05) is 5.73 Å². The fraction of sp³-hybridized carbons (Fsp3) is 0.455. The van der Waals surface area contributed by atoms with Crippen LogP contribution in [0.5, 0.6) is 0 Å². The zero-order valence-corrected chi connectivity index (χ0v) is 9.78. The summed E-state index contributed by atoms with van der Waals surface area (Å²) in [6.45, 7) is 5.63. The number of hydrogen-bond acceptors (Lipinski definition) is 3. The highest BCUT2D eigenvalue weighted by Gasteiger charge is 2.14. The van der Waals surface area contributed by atoms with Crippen molar-refractivity contribution in [1.82, 2.24) is 9.88 Å². The van der Waals surface area contributed by atoms with Gasteiger partial charge in [0.05, 0.1) is 0 Å². The Balaban J connectivity index is 2.77. The second-order valence-electron chi connectivity index (χ2n) is 4.73. The van der Waals surface area contributed by atoms with E-state index in [1.807, 2.05) is 20.8 Å². The van der Waals surface area contributed by atoms with Gasteiger partial charge in [0.1, 0.15) is 6.54 Å². The van der Waals surface area contributed by atoms with Crippen LogP contribution < -0.4 is 16.6 Å². The Bertz CT molecular complexity index is 443. The van der Waals surface area contributed by atoms with Crippen LogP contribution in [0.25, 0.3) is 0 Å². The summed E-state index contributed by atoms with van der Waals surface area (Å²) in [4.78, 5) is 23.0. The van der Waals surface area contributed by atoms with Gasteiger partial charge in [-0.3, -0.25) is 9.59 Å². The highest BCUT2D eigenvalue weighted by atomic mass is 16.2.